The average molecular weight is 193 g/mol. The van der Waals surface area contributed by atoms with Crippen molar-refractivity contribution in [1.29, 1.82) is 0 Å². The zero-order valence-electron chi connectivity index (χ0n) is 8.79. The topological polar surface area (TPSA) is 40.7 Å². The molecule has 0 aromatic carbocycles. The minimum Gasteiger partial charge on any atom is -0.347 e. The summed E-state index contributed by atoms with van der Waals surface area (Å²) in [6.07, 6.45) is 7.82. The predicted molar refractivity (Wildman–Crippen MR) is 56.8 cm³/mol. The molecule has 2 N–H and O–H groups in total. The molecule has 0 bridgehead atoms. The highest BCUT2D eigenvalue weighted by Crippen LogP contribution is 2.29. The Bertz CT molecular complexity index is 256. The van der Waals surface area contributed by atoms with Gasteiger partial charge in [0.25, 0.3) is 0 Å². The fraction of sp³-hybridized carbons (Fsp3) is 0.727. The lowest BCUT2D eigenvalue weighted by molar-refractivity contribution is 0.469. The zero-order valence-corrected chi connectivity index (χ0v) is 8.79. The first-order valence-electron chi connectivity index (χ1n) is 5.52. The monoisotopic (exact) mass is 193 g/mol. The molecule has 2 atom stereocenters. The smallest absolute Gasteiger partial charge is 0.0922 e. The lowest BCUT2D eigenvalue weighted by atomic mass is 10.1. The van der Waals surface area contributed by atoms with Crippen LogP contribution in [0.15, 0.2) is 12.5 Å². The van der Waals surface area contributed by atoms with Crippen molar-refractivity contribution in [3.63, 3.8) is 0 Å². The Morgan fingerprint density at radius 2 is 2.50 bits per heavy atom. The first-order valence-corrected chi connectivity index (χ1v) is 5.52. The van der Waals surface area contributed by atoms with Crippen LogP contribution < -0.4 is 5.32 Å². The van der Waals surface area contributed by atoms with Crippen molar-refractivity contribution >= 4 is 0 Å². The maximum Gasteiger partial charge on any atom is 0.0922 e. The van der Waals surface area contributed by atoms with Crippen molar-refractivity contribution in [1.82, 2.24) is 15.3 Å². The van der Waals surface area contributed by atoms with Gasteiger partial charge in [-0.05, 0) is 31.2 Å². The third kappa shape index (κ3) is 2.58. The molecule has 0 amide bonds. The van der Waals surface area contributed by atoms with E-state index in [1.165, 1.54) is 25.0 Å². The average Bonchev–Trinajstić information content (AvgIpc) is 2.77. The number of imidazole rings is 1. The molecule has 2 rings (SSSR count). The lowest BCUT2D eigenvalue weighted by Gasteiger charge is -2.09. The number of H-pyrrole nitrogens is 1. The summed E-state index contributed by atoms with van der Waals surface area (Å²) in [6.45, 7) is 4.43. The van der Waals surface area contributed by atoms with Crippen LogP contribution in [0.5, 0.6) is 0 Å². The van der Waals surface area contributed by atoms with E-state index < -0.39 is 0 Å². The summed E-state index contributed by atoms with van der Waals surface area (Å²) < 4.78 is 0. The molecule has 14 heavy (non-hydrogen) atoms. The molecular weight excluding hydrogens is 174 g/mol. The van der Waals surface area contributed by atoms with Gasteiger partial charge < -0.3 is 10.3 Å². The summed E-state index contributed by atoms with van der Waals surface area (Å²) in [5.41, 5.74) is 1.18. The van der Waals surface area contributed by atoms with Gasteiger partial charge in [0.1, 0.15) is 0 Å². The molecule has 78 valence electrons. The minimum absolute atomic E-state index is 0.896. The Labute approximate surface area is 85.3 Å². The summed E-state index contributed by atoms with van der Waals surface area (Å²) >= 11 is 0. The molecule has 0 spiro atoms. The Balaban J connectivity index is 1.64. The molecule has 1 aliphatic rings. The standard InChI is InChI=1S/C11H19N3/c1-9-2-3-10(4-9)5-12-6-11-7-13-8-14-11/h7-10,12H,2-6H2,1H3,(H,13,14). The highest BCUT2D eigenvalue weighted by molar-refractivity contribution is 4.93. The van der Waals surface area contributed by atoms with Crippen molar-refractivity contribution in [2.75, 3.05) is 6.54 Å². The van der Waals surface area contributed by atoms with E-state index in [-0.39, 0.29) is 0 Å². The Morgan fingerprint density at radius 1 is 1.57 bits per heavy atom. The van der Waals surface area contributed by atoms with Crippen molar-refractivity contribution < 1.29 is 0 Å². The lowest BCUT2D eigenvalue weighted by Crippen LogP contribution is -2.21. The fourth-order valence-corrected chi connectivity index (χ4v) is 2.30. The SMILES string of the molecule is CC1CCC(CNCc2cnc[nH]2)C1. The Hall–Kier alpha value is -0.830. The van der Waals surface area contributed by atoms with E-state index in [1.54, 1.807) is 6.33 Å². The van der Waals surface area contributed by atoms with Crippen LogP contribution in [0.25, 0.3) is 0 Å². The number of rotatable bonds is 4. The maximum atomic E-state index is 3.99. The van der Waals surface area contributed by atoms with Gasteiger partial charge in [-0.2, -0.15) is 0 Å². The molecule has 1 saturated carbocycles. The number of hydrogen-bond donors (Lipinski definition) is 2. The van der Waals surface area contributed by atoms with Crippen molar-refractivity contribution in [2.24, 2.45) is 11.8 Å². The second-order valence-corrected chi connectivity index (χ2v) is 4.49. The zero-order chi connectivity index (χ0) is 9.80. The van der Waals surface area contributed by atoms with Gasteiger partial charge in [0, 0.05) is 18.4 Å². The first kappa shape index (κ1) is 9.71. The van der Waals surface area contributed by atoms with Crippen LogP contribution in [0.3, 0.4) is 0 Å². The van der Waals surface area contributed by atoms with Crippen LogP contribution in [0.1, 0.15) is 31.9 Å². The molecule has 1 aromatic rings. The van der Waals surface area contributed by atoms with E-state index in [2.05, 4.69) is 22.2 Å². The van der Waals surface area contributed by atoms with Crippen LogP contribution in [-0.4, -0.2) is 16.5 Å². The Kier molecular flexibility index (Phi) is 3.19. The van der Waals surface area contributed by atoms with Crippen LogP contribution in [0.4, 0.5) is 0 Å². The van der Waals surface area contributed by atoms with E-state index in [0.717, 1.165) is 24.9 Å². The van der Waals surface area contributed by atoms with Gasteiger partial charge in [-0.3, -0.25) is 0 Å². The first-order chi connectivity index (χ1) is 6.84. The number of hydrogen-bond acceptors (Lipinski definition) is 2. The summed E-state index contributed by atoms with van der Waals surface area (Å²) in [4.78, 5) is 7.09. The second kappa shape index (κ2) is 4.60. The Morgan fingerprint density at radius 3 is 3.14 bits per heavy atom. The van der Waals surface area contributed by atoms with E-state index in [0.29, 0.717) is 0 Å². The second-order valence-electron chi connectivity index (χ2n) is 4.49. The summed E-state index contributed by atoms with van der Waals surface area (Å²) in [5.74, 6) is 1.84. The molecule has 1 fully saturated rings. The quantitative estimate of drug-likeness (QED) is 0.767. The summed E-state index contributed by atoms with van der Waals surface area (Å²) in [7, 11) is 0. The largest absolute Gasteiger partial charge is 0.347 e. The highest BCUT2D eigenvalue weighted by Gasteiger charge is 2.20. The minimum atomic E-state index is 0.896. The fourth-order valence-electron chi connectivity index (χ4n) is 2.30. The van der Waals surface area contributed by atoms with Crippen LogP contribution in [0, 0.1) is 11.8 Å². The molecule has 1 aromatic heterocycles. The van der Waals surface area contributed by atoms with Crippen molar-refractivity contribution in [3.8, 4) is 0 Å². The van der Waals surface area contributed by atoms with Gasteiger partial charge >= 0.3 is 0 Å². The van der Waals surface area contributed by atoms with Crippen LogP contribution in [0.2, 0.25) is 0 Å². The molecule has 0 aliphatic heterocycles. The van der Waals surface area contributed by atoms with Crippen molar-refractivity contribution in [3.05, 3.63) is 18.2 Å². The molecular formula is C11H19N3. The van der Waals surface area contributed by atoms with E-state index >= 15 is 0 Å². The summed E-state index contributed by atoms with van der Waals surface area (Å²) in [6, 6.07) is 0. The number of nitrogens with zero attached hydrogens (tertiary/aromatic N) is 1. The number of aromatic nitrogens is 2. The van der Waals surface area contributed by atoms with Gasteiger partial charge in [0.2, 0.25) is 0 Å². The molecule has 1 heterocycles. The molecule has 0 radical (unpaired) electrons. The van der Waals surface area contributed by atoms with Crippen LogP contribution >= 0.6 is 0 Å². The highest BCUT2D eigenvalue weighted by atomic mass is 14.9. The van der Waals surface area contributed by atoms with Gasteiger partial charge in [0.15, 0.2) is 0 Å². The third-order valence-corrected chi connectivity index (χ3v) is 3.11. The molecule has 3 nitrogen and oxygen atoms in total. The summed E-state index contributed by atoms with van der Waals surface area (Å²) in [5, 5.41) is 3.48. The van der Waals surface area contributed by atoms with E-state index in [9.17, 15) is 0 Å². The van der Waals surface area contributed by atoms with Crippen LogP contribution in [-0.2, 0) is 6.54 Å². The van der Waals surface area contributed by atoms with E-state index in [1.807, 2.05) is 6.20 Å². The number of nitrogens with one attached hydrogen (secondary N) is 2. The number of aromatic amines is 1. The van der Waals surface area contributed by atoms with Gasteiger partial charge in [0.05, 0.1) is 6.33 Å². The normalized spacial score (nSPS) is 26.9. The molecule has 2 unspecified atom stereocenters. The third-order valence-electron chi connectivity index (χ3n) is 3.11. The molecule has 3 heteroatoms. The van der Waals surface area contributed by atoms with Gasteiger partial charge in [-0.25, -0.2) is 4.98 Å². The van der Waals surface area contributed by atoms with Gasteiger partial charge in [-0.15, -0.1) is 0 Å². The molecule has 1 aliphatic carbocycles. The predicted octanol–water partition coefficient (Wildman–Crippen LogP) is 1.94. The van der Waals surface area contributed by atoms with Crippen molar-refractivity contribution in [2.45, 2.75) is 32.7 Å². The van der Waals surface area contributed by atoms with Gasteiger partial charge in [-0.1, -0.05) is 13.3 Å². The van der Waals surface area contributed by atoms with E-state index in [4.69, 9.17) is 0 Å². The maximum absolute atomic E-state index is 3.99. The molecule has 0 saturated heterocycles.